The number of hydrogen-bond donors (Lipinski definition) is 2. The van der Waals surface area contributed by atoms with Gasteiger partial charge in [0.2, 0.25) is 0 Å². The summed E-state index contributed by atoms with van der Waals surface area (Å²) in [6.45, 7) is 6.79. The van der Waals surface area contributed by atoms with E-state index in [1.54, 1.807) is 13.3 Å². The SMILES string of the molecule is COc1ccc(/C=N/NC(=O)c2n[nH]c3c2CC(CC(C)(C)C)CC3)cc1. The Bertz CT molecular complexity index is 816. The summed E-state index contributed by atoms with van der Waals surface area (Å²) in [5.74, 6) is 1.10. The molecule has 144 valence electrons. The summed E-state index contributed by atoms with van der Waals surface area (Å²) in [4.78, 5) is 12.5. The molecule has 1 aromatic heterocycles. The molecule has 0 fully saturated rings. The third-order valence-electron chi connectivity index (χ3n) is 4.86. The molecule has 1 amide bonds. The second-order valence-corrected chi connectivity index (χ2v) is 8.38. The predicted octanol–water partition coefficient (Wildman–Crippen LogP) is 3.72. The van der Waals surface area contributed by atoms with Crippen molar-refractivity contribution in [2.24, 2.45) is 16.4 Å². The van der Waals surface area contributed by atoms with Crippen molar-refractivity contribution in [1.82, 2.24) is 15.6 Å². The number of benzene rings is 1. The molecule has 0 radical (unpaired) electrons. The average molecular weight is 368 g/mol. The van der Waals surface area contributed by atoms with Crippen LogP contribution in [-0.4, -0.2) is 29.4 Å². The van der Waals surface area contributed by atoms with Crippen LogP contribution in [0.25, 0.3) is 0 Å². The van der Waals surface area contributed by atoms with Crippen LogP contribution in [-0.2, 0) is 12.8 Å². The van der Waals surface area contributed by atoms with Crippen molar-refractivity contribution in [2.45, 2.75) is 46.5 Å². The fourth-order valence-electron chi connectivity index (χ4n) is 3.70. The highest BCUT2D eigenvalue weighted by Crippen LogP contribution is 2.34. The van der Waals surface area contributed by atoms with E-state index in [4.69, 9.17) is 4.74 Å². The monoisotopic (exact) mass is 368 g/mol. The number of fused-ring (bicyclic) bond motifs is 1. The second kappa shape index (κ2) is 7.94. The summed E-state index contributed by atoms with van der Waals surface area (Å²) in [5.41, 5.74) is 6.37. The molecule has 0 bridgehead atoms. The molecule has 6 heteroatoms. The van der Waals surface area contributed by atoms with Crippen molar-refractivity contribution in [3.05, 3.63) is 46.8 Å². The summed E-state index contributed by atoms with van der Waals surface area (Å²) in [6, 6.07) is 7.45. The maximum Gasteiger partial charge on any atom is 0.292 e. The van der Waals surface area contributed by atoms with Crippen LogP contribution in [0.5, 0.6) is 5.75 Å². The molecule has 0 saturated heterocycles. The normalized spacial score (nSPS) is 17.0. The Hall–Kier alpha value is -2.63. The first-order valence-corrected chi connectivity index (χ1v) is 9.39. The number of amides is 1. The molecule has 1 heterocycles. The molecule has 1 atom stereocenters. The molecule has 0 aliphatic heterocycles. The van der Waals surface area contributed by atoms with Crippen molar-refractivity contribution in [2.75, 3.05) is 7.11 Å². The van der Waals surface area contributed by atoms with E-state index < -0.39 is 0 Å². The zero-order valence-electron chi connectivity index (χ0n) is 16.5. The first-order chi connectivity index (χ1) is 12.9. The summed E-state index contributed by atoms with van der Waals surface area (Å²) < 4.78 is 5.13. The Balaban J connectivity index is 1.64. The van der Waals surface area contributed by atoms with Gasteiger partial charge in [0, 0.05) is 11.3 Å². The molecule has 3 rings (SSSR count). The number of aryl methyl sites for hydroxylation is 1. The van der Waals surface area contributed by atoms with E-state index in [0.717, 1.165) is 48.3 Å². The Morgan fingerprint density at radius 1 is 1.37 bits per heavy atom. The lowest BCUT2D eigenvalue weighted by molar-refractivity contribution is 0.0948. The molecule has 1 aliphatic carbocycles. The number of aromatic amines is 1. The summed E-state index contributed by atoms with van der Waals surface area (Å²) >= 11 is 0. The highest BCUT2D eigenvalue weighted by molar-refractivity contribution is 5.94. The van der Waals surface area contributed by atoms with Crippen LogP contribution < -0.4 is 10.2 Å². The minimum absolute atomic E-state index is 0.270. The van der Waals surface area contributed by atoms with Gasteiger partial charge in [-0.1, -0.05) is 20.8 Å². The van der Waals surface area contributed by atoms with Crippen molar-refractivity contribution in [1.29, 1.82) is 0 Å². The lowest BCUT2D eigenvalue weighted by atomic mass is 9.76. The Morgan fingerprint density at radius 2 is 2.11 bits per heavy atom. The number of carbonyl (C=O) groups excluding carboxylic acids is 1. The van der Waals surface area contributed by atoms with Crippen molar-refractivity contribution < 1.29 is 9.53 Å². The predicted molar refractivity (Wildman–Crippen MR) is 106 cm³/mol. The standard InChI is InChI=1S/C21H28N4O2/c1-21(2,3)12-15-7-10-18-17(11-15)19(24-23-18)20(26)25-22-13-14-5-8-16(27-4)9-6-14/h5-6,8-9,13,15H,7,10-12H2,1-4H3,(H,23,24)(H,25,26)/b22-13+. The summed E-state index contributed by atoms with van der Waals surface area (Å²) in [5, 5.41) is 11.3. The van der Waals surface area contributed by atoms with E-state index in [1.807, 2.05) is 24.3 Å². The lowest BCUT2D eigenvalue weighted by Gasteiger charge is -2.28. The van der Waals surface area contributed by atoms with Crippen LogP contribution in [0, 0.1) is 11.3 Å². The molecule has 2 aromatic rings. The van der Waals surface area contributed by atoms with Gasteiger partial charge in [-0.25, -0.2) is 5.43 Å². The van der Waals surface area contributed by atoms with E-state index in [1.165, 1.54) is 0 Å². The Labute approximate surface area is 160 Å². The third kappa shape index (κ3) is 4.96. The average Bonchev–Trinajstić information content (AvgIpc) is 3.04. The van der Waals surface area contributed by atoms with Crippen LogP contribution >= 0.6 is 0 Å². The van der Waals surface area contributed by atoms with Crippen LogP contribution in [0.3, 0.4) is 0 Å². The number of rotatable bonds is 5. The van der Waals surface area contributed by atoms with Gasteiger partial charge >= 0.3 is 0 Å². The van der Waals surface area contributed by atoms with Gasteiger partial charge in [0.15, 0.2) is 5.69 Å². The molecular weight excluding hydrogens is 340 g/mol. The molecule has 2 N–H and O–H groups in total. The molecule has 6 nitrogen and oxygen atoms in total. The number of ether oxygens (including phenoxy) is 1. The topological polar surface area (TPSA) is 79.4 Å². The van der Waals surface area contributed by atoms with Gasteiger partial charge in [-0.05, 0) is 66.8 Å². The molecule has 0 saturated carbocycles. The number of H-pyrrole nitrogens is 1. The number of hydrogen-bond acceptors (Lipinski definition) is 4. The Morgan fingerprint density at radius 3 is 2.78 bits per heavy atom. The highest BCUT2D eigenvalue weighted by Gasteiger charge is 2.28. The van der Waals surface area contributed by atoms with E-state index in [2.05, 4.69) is 41.5 Å². The zero-order valence-corrected chi connectivity index (χ0v) is 16.5. The number of carbonyl (C=O) groups is 1. The highest BCUT2D eigenvalue weighted by atomic mass is 16.5. The largest absolute Gasteiger partial charge is 0.497 e. The quantitative estimate of drug-likeness (QED) is 0.623. The lowest BCUT2D eigenvalue weighted by Crippen LogP contribution is -2.24. The number of hydrazone groups is 1. The molecule has 1 unspecified atom stereocenters. The maximum absolute atomic E-state index is 12.5. The maximum atomic E-state index is 12.5. The number of nitrogens with one attached hydrogen (secondary N) is 2. The number of nitrogens with zero attached hydrogens (tertiary/aromatic N) is 2. The third-order valence-corrected chi connectivity index (χ3v) is 4.86. The van der Waals surface area contributed by atoms with E-state index >= 15 is 0 Å². The minimum Gasteiger partial charge on any atom is -0.497 e. The molecule has 1 aromatic carbocycles. The zero-order chi connectivity index (χ0) is 19.4. The van der Waals surface area contributed by atoms with E-state index in [-0.39, 0.29) is 11.3 Å². The van der Waals surface area contributed by atoms with Crippen molar-refractivity contribution >= 4 is 12.1 Å². The summed E-state index contributed by atoms with van der Waals surface area (Å²) in [6.07, 6.45) is 5.75. The van der Waals surface area contributed by atoms with Crippen molar-refractivity contribution in [3.8, 4) is 5.75 Å². The van der Waals surface area contributed by atoms with Gasteiger partial charge in [0.1, 0.15) is 5.75 Å². The minimum atomic E-state index is -0.270. The van der Waals surface area contributed by atoms with E-state index in [0.29, 0.717) is 11.6 Å². The van der Waals surface area contributed by atoms with Gasteiger partial charge in [0.05, 0.1) is 13.3 Å². The Kier molecular flexibility index (Phi) is 5.63. The van der Waals surface area contributed by atoms with E-state index in [9.17, 15) is 4.79 Å². The molecule has 0 spiro atoms. The second-order valence-electron chi connectivity index (χ2n) is 8.38. The van der Waals surface area contributed by atoms with Gasteiger partial charge in [-0.3, -0.25) is 9.89 Å². The fourth-order valence-corrected chi connectivity index (χ4v) is 3.70. The van der Waals surface area contributed by atoms with Gasteiger partial charge in [-0.2, -0.15) is 10.2 Å². The fraction of sp³-hybridized carbons (Fsp3) is 0.476. The number of aromatic nitrogens is 2. The van der Waals surface area contributed by atoms with Gasteiger partial charge in [-0.15, -0.1) is 0 Å². The smallest absolute Gasteiger partial charge is 0.292 e. The summed E-state index contributed by atoms with van der Waals surface area (Å²) in [7, 11) is 1.62. The van der Waals surface area contributed by atoms with Crippen LogP contribution in [0.15, 0.2) is 29.4 Å². The number of methoxy groups -OCH3 is 1. The molecule has 1 aliphatic rings. The van der Waals surface area contributed by atoms with Crippen LogP contribution in [0.2, 0.25) is 0 Å². The molecule has 27 heavy (non-hydrogen) atoms. The first-order valence-electron chi connectivity index (χ1n) is 9.39. The van der Waals surface area contributed by atoms with Gasteiger partial charge in [0.25, 0.3) is 5.91 Å². The van der Waals surface area contributed by atoms with Crippen LogP contribution in [0.4, 0.5) is 0 Å². The van der Waals surface area contributed by atoms with Gasteiger partial charge < -0.3 is 4.74 Å². The molecular formula is C21H28N4O2. The van der Waals surface area contributed by atoms with Crippen LogP contribution in [0.1, 0.15) is 60.9 Å². The van der Waals surface area contributed by atoms with Crippen molar-refractivity contribution in [3.63, 3.8) is 0 Å². The first kappa shape index (κ1) is 19.1.